The lowest BCUT2D eigenvalue weighted by atomic mass is 9.74. The molecule has 0 aromatic heterocycles. The van der Waals surface area contributed by atoms with Gasteiger partial charge in [0, 0.05) is 24.8 Å². The first-order chi connectivity index (χ1) is 8.92. The number of sulfonamides is 1. The standard InChI is InChI=1S/C14H20N2O2S.HI/c1-15-9-7-14(8-10-15)11-16(19(2,17)18)13-6-4-3-5-12(13)14;/h3-6H,7-11H2,1-2H3;1H. The fourth-order valence-electron chi connectivity index (χ4n) is 3.46. The summed E-state index contributed by atoms with van der Waals surface area (Å²) < 4.78 is 25.6. The Morgan fingerprint density at radius 2 is 1.80 bits per heavy atom. The van der Waals surface area contributed by atoms with Crippen LogP contribution in [0.15, 0.2) is 24.3 Å². The first kappa shape index (κ1) is 16.0. The summed E-state index contributed by atoms with van der Waals surface area (Å²) in [6, 6.07) is 8.01. The van der Waals surface area contributed by atoms with Crippen molar-refractivity contribution in [1.82, 2.24) is 0 Å². The van der Waals surface area contributed by atoms with E-state index in [0.717, 1.165) is 31.6 Å². The monoisotopic (exact) mass is 408 g/mol. The topological polar surface area (TPSA) is 41.8 Å². The van der Waals surface area contributed by atoms with Gasteiger partial charge in [-0.25, -0.2) is 8.42 Å². The van der Waals surface area contributed by atoms with Crippen LogP contribution in [-0.4, -0.2) is 41.4 Å². The molecule has 0 bridgehead atoms. The van der Waals surface area contributed by atoms with Crippen LogP contribution in [0.5, 0.6) is 0 Å². The average Bonchev–Trinajstić information content (AvgIpc) is 2.69. The minimum atomic E-state index is -3.18. The molecule has 0 atom stereocenters. The van der Waals surface area contributed by atoms with Crippen molar-refractivity contribution in [2.24, 2.45) is 0 Å². The number of quaternary nitrogens is 1. The molecule has 0 amide bonds. The lowest BCUT2D eigenvalue weighted by Gasteiger charge is -2.36. The number of piperidine rings is 1. The van der Waals surface area contributed by atoms with Gasteiger partial charge in [0.25, 0.3) is 0 Å². The van der Waals surface area contributed by atoms with E-state index in [4.69, 9.17) is 0 Å². The second-order valence-electron chi connectivity index (χ2n) is 6.02. The molecule has 2 aliphatic heterocycles. The second-order valence-corrected chi connectivity index (χ2v) is 7.93. The molecule has 0 radical (unpaired) electrons. The summed E-state index contributed by atoms with van der Waals surface area (Å²) >= 11 is 0. The maximum Gasteiger partial charge on any atom is 0.232 e. The Morgan fingerprint density at radius 3 is 2.40 bits per heavy atom. The SMILES string of the molecule is C[NH+]1CCC2(CC1)CN(S(C)(=O)=O)c1ccccc12.[I-]. The van der Waals surface area contributed by atoms with Crippen molar-refractivity contribution in [2.75, 3.05) is 37.2 Å². The molecule has 6 heteroatoms. The van der Waals surface area contributed by atoms with Crippen LogP contribution in [0.25, 0.3) is 0 Å². The largest absolute Gasteiger partial charge is 1.00 e. The molecule has 1 saturated heterocycles. The Bertz CT molecular complexity index is 595. The number of rotatable bonds is 1. The normalized spacial score (nSPS) is 29.1. The quantitative estimate of drug-likeness (QED) is 0.504. The van der Waals surface area contributed by atoms with Gasteiger partial charge >= 0.3 is 0 Å². The van der Waals surface area contributed by atoms with Crippen LogP contribution in [0.4, 0.5) is 5.69 Å². The van der Waals surface area contributed by atoms with Gasteiger partial charge in [-0.2, -0.15) is 0 Å². The number of halogens is 1. The zero-order valence-electron chi connectivity index (χ0n) is 11.9. The summed E-state index contributed by atoms with van der Waals surface area (Å²) in [4.78, 5) is 1.54. The molecule has 2 heterocycles. The van der Waals surface area contributed by atoms with Crippen LogP contribution in [0, 0.1) is 0 Å². The molecule has 1 spiro atoms. The van der Waals surface area contributed by atoms with Gasteiger partial charge < -0.3 is 28.9 Å². The van der Waals surface area contributed by atoms with E-state index < -0.39 is 10.0 Å². The lowest BCUT2D eigenvalue weighted by molar-refractivity contribution is -0.886. The number of fused-ring (bicyclic) bond motifs is 2. The predicted molar refractivity (Wildman–Crippen MR) is 76.2 cm³/mol. The van der Waals surface area contributed by atoms with E-state index in [-0.39, 0.29) is 29.4 Å². The van der Waals surface area contributed by atoms with Crippen LogP contribution in [0.2, 0.25) is 0 Å². The first-order valence-corrected chi connectivity index (χ1v) is 8.66. The highest BCUT2D eigenvalue weighted by Crippen LogP contribution is 2.46. The highest BCUT2D eigenvalue weighted by atomic mass is 127. The van der Waals surface area contributed by atoms with Gasteiger partial charge in [-0.05, 0) is 11.6 Å². The molecule has 20 heavy (non-hydrogen) atoms. The molecular formula is C14H21IN2O2S. The van der Waals surface area contributed by atoms with Gasteiger partial charge in [0.2, 0.25) is 10.0 Å². The fourth-order valence-corrected chi connectivity index (χ4v) is 4.46. The van der Waals surface area contributed by atoms with E-state index in [2.05, 4.69) is 13.1 Å². The van der Waals surface area contributed by atoms with Crippen LogP contribution < -0.4 is 33.2 Å². The number of hydrogen-bond acceptors (Lipinski definition) is 2. The third kappa shape index (κ3) is 2.57. The van der Waals surface area contributed by atoms with E-state index in [9.17, 15) is 8.42 Å². The van der Waals surface area contributed by atoms with Crippen LogP contribution >= 0.6 is 0 Å². The number of benzene rings is 1. The van der Waals surface area contributed by atoms with Gasteiger partial charge in [0.05, 0.1) is 32.1 Å². The van der Waals surface area contributed by atoms with Crippen LogP contribution in [0.3, 0.4) is 0 Å². The molecule has 1 N–H and O–H groups in total. The zero-order valence-corrected chi connectivity index (χ0v) is 14.9. The Hall–Kier alpha value is -0.340. The Kier molecular flexibility index (Phi) is 4.37. The number of likely N-dealkylation sites (tertiary alicyclic amines) is 1. The number of para-hydroxylation sites is 1. The van der Waals surface area contributed by atoms with E-state index in [1.54, 1.807) is 9.21 Å². The third-order valence-corrected chi connectivity index (χ3v) is 5.78. The summed E-state index contributed by atoms with van der Waals surface area (Å²) in [5.41, 5.74) is 2.16. The molecule has 112 valence electrons. The molecule has 1 aromatic rings. The summed E-state index contributed by atoms with van der Waals surface area (Å²) in [6.45, 7) is 2.86. The molecule has 3 rings (SSSR count). The van der Waals surface area contributed by atoms with E-state index >= 15 is 0 Å². The van der Waals surface area contributed by atoms with Crippen LogP contribution in [-0.2, 0) is 15.4 Å². The molecule has 1 fully saturated rings. The fraction of sp³-hybridized carbons (Fsp3) is 0.571. The molecule has 2 aliphatic rings. The smallest absolute Gasteiger partial charge is 0.232 e. The Morgan fingerprint density at radius 1 is 1.20 bits per heavy atom. The van der Waals surface area contributed by atoms with Crippen LogP contribution in [0.1, 0.15) is 18.4 Å². The number of hydrogen-bond donors (Lipinski definition) is 1. The van der Waals surface area contributed by atoms with Gasteiger partial charge in [0.15, 0.2) is 0 Å². The average molecular weight is 408 g/mol. The van der Waals surface area contributed by atoms with Crippen molar-refractivity contribution >= 4 is 15.7 Å². The Balaban J connectivity index is 0.00000147. The molecule has 4 nitrogen and oxygen atoms in total. The first-order valence-electron chi connectivity index (χ1n) is 6.81. The summed E-state index contributed by atoms with van der Waals surface area (Å²) in [5.74, 6) is 0. The maximum absolute atomic E-state index is 12.0. The van der Waals surface area contributed by atoms with Gasteiger partial charge in [0.1, 0.15) is 0 Å². The maximum atomic E-state index is 12.0. The molecule has 1 aromatic carbocycles. The Labute approximate surface area is 138 Å². The molecular weight excluding hydrogens is 387 g/mol. The van der Waals surface area contributed by atoms with Crippen molar-refractivity contribution in [1.29, 1.82) is 0 Å². The summed E-state index contributed by atoms with van der Waals surface area (Å²) in [5, 5.41) is 0. The summed E-state index contributed by atoms with van der Waals surface area (Å²) in [6.07, 6.45) is 3.45. The molecule has 0 unspecified atom stereocenters. The number of nitrogens with one attached hydrogen (secondary N) is 1. The van der Waals surface area contributed by atoms with Crippen molar-refractivity contribution in [3.63, 3.8) is 0 Å². The zero-order chi connectivity index (χ0) is 13.7. The molecule has 0 aliphatic carbocycles. The number of nitrogens with zero attached hydrogens (tertiary/aromatic N) is 1. The highest BCUT2D eigenvalue weighted by molar-refractivity contribution is 7.92. The van der Waals surface area contributed by atoms with Crippen molar-refractivity contribution in [2.45, 2.75) is 18.3 Å². The highest BCUT2D eigenvalue weighted by Gasteiger charge is 2.47. The minimum Gasteiger partial charge on any atom is -1.00 e. The van der Waals surface area contributed by atoms with Gasteiger partial charge in [-0.15, -0.1) is 0 Å². The third-order valence-electron chi connectivity index (χ3n) is 4.65. The lowest BCUT2D eigenvalue weighted by Crippen LogP contribution is -3.10. The minimum absolute atomic E-state index is 0. The molecule has 0 saturated carbocycles. The van der Waals surface area contributed by atoms with Crippen molar-refractivity contribution in [3.8, 4) is 0 Å². The predicted octanol–water partition coefficient (Wildman–Crippen LogP) is -2.98. The van der Waals surface area contributed by atoms with Gasteiger partial charge in [-0.3, -0.25) is 4.31 Å². The van der Waals surface area contributed by atoms with Gasteiger partial charge in [-0.1, -0.05) is 18.2 Å². The van der Waals surface area contributed by atoms with Crippen molar-refractivity contribution in [3.05, 3.63) is 29.8 Å². The van der Waals surface area contributed by atoms with E-state index in [1.807, 2.05) is 18.2 Å². The van der Waals surface area contributed by atoms with Crippen molar-refractivity contribution < 1.29 is 37.3 Å². The van der Waals surface area contributed by atoms with E-state index in [1.165, 1.54) is 11.8 Å². The summed E-state index contributed by atoms with van der Waals surface area (Å²) in [7, 11) is -0.968. The second kappa shape index (κ2) is 5.46. The van der Waals surface area contributed by atoms with E-state index in [0.29, 0.717) is 6.54 Å². The number of anilines is 1.